The van der Waals surface area contributed by atoms with Gasteiger partial charge in [0.15, 0.2) is 0 Å². The van der Waals surface area contributed by atoms with Gasteiger partial charge in [0.1, 0.15) is 11.5 Å². The second-order valence-corrected chi connectivity index (χ2v) is 7.16. The molecule has 1 aromatic rings. The van der Waals surface area contributed by atoms with Crippen molar-refractivity contribution in [2.45, 2.75) is 38.6 Å². The van der Waals surface area contributed by atoms with Gasteiger partial charge in [-0.2, -0.15) is 0 Å². The molecule has 0 saturated carbocycles. The van der Waals surface area contributed by atoms with E-state index in [1.54, 1.807) is 14.2 Å². The van der Waals surface area contributed by atoms with Crippen LogP contribution in [-0.2, 0) is 4.79 Å². The van der Waals surface area contributed by atoms with E-state index < -0.39 is 0 Å². The molecular weight excluding hydrogens is 340 g/mol. The van der Waals surface area contributed by atoms with Crippen molar-refractivity contribution in [2.75, 3.05) is 33.9 Å². The van der Waals surface area contributed by atoms with Gasteiger partial charge < -0.3 is 19.7 Å². The third kappa shape index (κ3) is 3.44. The number of hydrogen-bond donors (Lipinski definition) is 1. The highest BCUT2D eigenvalue weighted by Gasteiger charge is 2.54. The largest absolute Gasteiger partial charge is 0.497 e. The van der Waals surface area contributed by atoms with Gasteiger partial charge in [-0.15, -0.1) is 12.4 Å². The van der Waals surface area contributed by atoms with E-state index in [0.717, 1.165) is 49.5 Å². The van der Waals surface area contributed by atoms with E-state index in [0.29, 0.717) is 5.91 Å². The number of halogens is 1. The molecule has 140 valence electrons. The molecule has 1 spiro atoms. The number of nitrogens with one attached hydrogen (secondary N) is 1. The fourth-order valence-electron chi connectivity index (χ4n) is 4.23. The molecule has 1 amide bonds. The molecule has 5 nitrogen and oxygen atoms in total. The van der Waals surface area contributed by atoms with Gasteiger partial charge in [0, 0.05) is 24.6 Å². The van der Waals surface area contributed by atoms with Gasteiger partial charge in [-0.25, -0.2) is 0 Å². The summed E-state index contributed by atoms with van der Waals surface area (Å²) in [6.07, 6.45) is 1.78. The van der Waals surface area contributed by atoms with Crippen LogP contribution in [0.5, 0.6) is 11.5 Å². The van der Waals surface area contributed by atoms with Crippen LogP contribution in [-0.4, -0.2) is 50.7 Å². The van der Waals surface area contributed by atoms with Crippen LogP contribution in [0.1, 0.15) is 38.2 Å². The third-order valence-electron chi connectivity index (χ3n) is 5.63. The first kappa shape index (κ1) is 19.9. The van der Waals surface area contributed by atoms with E-state index in [2.05, 4.69) is 31.3 Å². The first-order valence-electron chi connectivity index (χ1n) is 8.76. The highest BCUT2D eigenvalue weighted by Crippen LogP contribution is 2.51. The van der Waals surface area contributed by atoms with Crippen molar-refractivity contribution < 1.29 is 14.3 Å². The van der Waals surface area contributed by atoms with E-state index >= 15 is 0 Å². The second kappa shape index (κ2) is 7.83. The SMILES string of the molecule is COc1cc(OC)cc(C2CN(C(C)C)C(=O)C23CCNCC3)c1.Cl. The minimum Gasteiger partial charge on any atom is -0.497 e. The maximum atomic E-state index is 13.3. The number of nitrogens with zero attached hydrogens (tertiary/aromatic N) is 1. The average Bonchev–Trinajstić information content (AvgIpc) is 2.88. The molecule has 0 aliphatic carbocycles. The van der Waals surface area contributed by atoms with Crippen LogP contribution in [0.3, 0.4) is 0 Å². The standard InChI is InChI=1S/C19H28N2O3.ClH/c1-13(2)21-12-17(19(18(21)22)5-7-20-8-6-19)14-9-15(23-3)11-16(10-14)24-4;/h9-11,13,17,20H,5-8,12H2,1-4H3;1H. The highest BCUT2D eigenvalue weighted by atomic mass is 35.5. The third-order valence-corrected chi connectivity index (χ3v) is 5.63. The Bertz CT molecular complexity index is 592. The molecule has 3 rings (SSSR count). The molecule has 0 bridgehead atoms. The number of carbonyl (C=O) groups is 1. The van der Waals surface area contributed by atoms with Crippen LogP contribution < -0.4 is 14.8 Å². The van der Waals surface area contributed by atoms with E-state index in [9.17, 15) is 4.79 Å². The monoisotopic (exact) mass is 368 g/mol. The van der Waals surface area contributed by atoms with Crippen LogP contribution in [0.15, 0.2) is 18.2 Å². The molecule has 1 atom stereocenters. The Kier molecular flexibility index (Phi) is 6.22. The summed E-state index contributed by atoms with van der Waals surface area (Å²) in [6, 6.07) is 6.24. The molecule has 2 fully saturated rings. The lowest BCUT2D eigenvalue weighted by Gasteiger charge is -2.37. The van der Waals surface area contributed by atoms with Gasteiger partial charge >= 0.3 is 0 Å². The number of hydrogen-bond acceptors (Lipinski definition) is 4. The van der Waals surface area contributed by atoms with Crippen molar-refractivity contribution in [3.8, 4) is 11.5 Å². The number of piperidine rings is 1. The lowest BCUT2D eigenvalue weighted by atomic mass is 9.68. The van der Waals surface area contributed by atoms with Gasteiger partial charge in [0.25, 0.3) is 0 Å². The minimum absolute atomic E-state index is 0. The fraction of sp³-hybridized carbons (Fsp3) is 0.632. The molecular formula is C19H29ClN2O3. The van der Waals surface area contributed by atoms with Crippen LogP contribution in [0.2, 0.25) is 0 Å². The average molecular weight is 369 g/mol. The Hall–Kier alpha value is -1.46. The van der Waals surface area contributed by atoms with Crippen molar-refractivity contribution in [2.24, 2.45) is 5.41 Å². The quantitative estimate of drug-likeness (QED) is 0.887. The summed E-state index contributed by atoms with van der Waals surface area (Å²) in [6.45, 7) is 6.76. The molecule has 1 unspecified atom stereocenters. The predicted molar refractivity (Wildman–Crippen MR) is 101 cm³/mol. The number of benzene rings is 1. The summed E-state index contributed by atoms with van der Waals surface area (Å²) in [5.41, 5.74) is 0.844. The Labute approximate surface area is 156 Å². The Balaban J connectivity index is 0.00000225. The zero-order chi connectivity index (χ0) is 17.3. The first-order chi connectivity index (χ1) is 11.5. The molecule has 2 aliphatic heterocycles. The topological polar surface area (TPSA) is 50.8 Å². The van der Waals surface area contributed by atoms with Crippen molar-refractivity contribution in [1.82, 2.24) is 10.2 Å². The van der Waals surface area contributed by atoms with Crippen molar-refractivity contribution in [1.29, 1.82) is 0 Å². The second-order valence-electron chi connectivity index (χ2n) is 7.16. The van der Waals surface area contributed by atoms with Crippen LogP contribution in [0, 0.1) is 5.41 Å². The number of methoxy groups -OCH3 is 2. The number of amides is 1. The Morgan fingerprint density at radius 3 is 2.16 bits per heavy atom. The molecule has 1 N–H and O–H groups in total. The lowest BCUT2D eigenvalue weighted by molar-refractivity contribution is -0.139. The minimum atomic E-state index is -0.299. The number of ether oxygens (including phenoxy) is 2. The van der Waals surface area contributed by atoms with Crippen LogP contribution in [0.25, 0.3) is 0 Å². The summed E-state index contributed by atoms with van der Waals surface area (Å²) in [7, 11) is 3.33. The molecule has 0 radical (unpaired) electrons. The maximum absolute atomic E-state index is 13.3. The number of rotatable bonds is 4. The summed E-state index contributed by atoms with van der Waals surface area (Å²) in [5, 5.41) is 3.40. The van der Waals surface area contributed by atoms with E-state index in [1.165, 1.54) is 0 Å². The maximum Gasteiger partial charge on any atom is 0.229 e. The zero-order valence-electron chi connectivity index (χ0n) is 15.5. The Morgan fingerprint density at radius 2 is 1.68 bits per heavy atom. The van der Waals surface area contributed by atoms with E-state index in [-0.39, 0.29) is 29.8 Å². The van der Waals surface area contributed by atoms with Gasteiger partial charge in [0.2, 0.25) is 5.91 Å². The molecule has 0 aromatic heterocycles. The zero-order valence-corrected chi connectivity index (χ0v) is 16.3. The summed E-state index contributed by atoms with van der Waals surface area (Å²) in [4.78, 5) is 15.3. The van der Waals surface area contributed by atoms with Gasteiger partial charge in [0.05, 0.1) is 19.6 Å². The van der Waals surface area contributed by atoms with Gasteiger partial charge in [-0.3, -0.25) is 4.79 Å². The van der Waals surface area contributed by atoms with E-state index in [4.69, 9.17) is 9.47 Å². The van der Waals surface area contributed by atoms with Crippen molar-refractivity contribution in [3.63, 3.8) is 0 Å². The van der Waals surface area contributed by atoms with Gasteiger partial charge in [-0.1, -0.05) is 0 Å². The molecule has 2 saturated heterocycles. The Morgan fingerprint density at radius 1 is 1.12 bits per heavy atom. The number of likely N-dealkylation sites (tertiary alicyclic amines) is 1. The summed E-state index contributed by atoms with van der Waals surface area (Å²) < 4.78 is 10.9. The molecule has 1 aromatic carbocycles. The highest BCUT2D eigenvalue weighted by molar-refractivity contribution is 5.87. The molecule has 2 heterocycles. The van der Waals surface area contributed by atoms with Crippen LogP contribution in [0.4, 0.5) is 0 Å². The fourth-order valence-corrected chi connectivity index (χ4v) is 4.23. The lowest BCUT2D eigenvalue weighted by Crippen LogP contribution is -2.45. The van der Waals surface area contributed by atoms with Gasteiger partial charge in [-0.05, 0) is 57.5 Å². The van der Waals surface area contributed by atoms with Crippen molar-refractivity contribution in [3.05, 3.63) is 23.8 Å². The van der Waals surface area contributed by atoms with E-state index in [1.807, 2.05) is 11.0 Å². The molecule has 2 aliphatic rings. The number of carbonyl (C=O) groups excluding carboxylic acids is 1. The van der Waals surface area contributed by atoms with Crippen LogP contribution >= 0.6 is 12.4 Å². The normalized spacial score (nSPS) is 22.2. The predicted octanol–water partition coefficient (Wildman–Crippen LogP) is 2.83. The molecule has 6 heteroatoms. The summed E-state index contributed by atoms with van der Waals surface area (Å²) in [5.74, 6) is 2.05. The smallest absolute Gasteiger partial charge is 0.229 e. The first-order valence-corrected chi connectivity index (χ1v) is 8.76. The van der Waals surface area contributed by atoms with Crippen molar-refractivity contribution >= 4 is 18.3 Å². The molecule has 25 heavy (non-hydrogen) atoms. The summed E-state index contributed by atoms with van der Waals surface area (Å²) >= 11 is 0.